The molecule has 1 rings (SSSR count). The second-order valence-corrected chi connectivity index (χ2v) is 3.42. The second kappa shape index (κ2) is 4.07. The van der Waals surface area contributed by atoms with E-state index in [4.69, 9.17) is 0 Å². The van der Waals surface area contributed by atoms with Gasteiger partial charge >= 0.3 is 0 Å². The lowest BCUT2D eigenvalue weighted by Crippen LogP contribution is -2.32. The van der Waals surface area contributed by atoms with Crippen LogP contribution >= 0.6 is 0 Å². The molecule has 2 atom stereocenters. The molecule has 1 fully saturated rings. The van der Waals surface area contributed by atoms with Crippen molar-refractivity contribution in [3.63, 3.8) is 0 Å². The molecule has 0 aromatic rings. The maximum absolute atomic E-state index is 2.49. The van der Waals surface area contributed by atoms with Crippen molar-refractivity contribution < 1.29 is 0 Å². The minimum atomic E-state index is 0.813. The standard InChI is InChI=1S/C9H20N2/c1-4-6-10(7-5-2)11-8-9(11)3/h9H,4-8H2,1-3H3. The van der Waals surface area contributed by atoms with Crippen LogP contribution in [0, 0.1) is 0 Å². The van der Waals surface area contributed by atoms with Gasteiger partial charge in [-0.3, -0.25) is 0 Å². The van der Waals surface area contributed by atoms with E-state index in [0.717, 1.165) is 6.04 Å². The summed E-state index contributed by atoms with van der Waals surface area (Å²) >= 11 is 0. The lowest BCUT2D eigenvalue weighted by molar-refractivity contribution is 0.0762. The van der Waals surface area contributed by atoms with E-state index >= 15 is 0 Å². The molecule has 0 bridgehead atoms. The van der Waals surface area contributed by atoms with Crippen LogP contribution in [0.25, 0.3) is 0 Å². The quantitative estimate of drug-likeness (QED) is 0.559. The number of hydrogen-bond donors (Lipinski definition) is 0. The molecule has 0 radical (unpaired) electrons. The summed E-state index contributed by atoms with van der Waals surface area (Å²) in [6, 6.07) is 0.813. The maximum Gasteiger partial charge on any atom is 0.0359 e. The van der Waals surface area contributed by atoms with E-state index in [1.54, 1.807) is 0 Å². The van der Waals surface area contributed by atoms with Crippen molar-refractivity contribution in [2.75, 3.05) is 19.6 Å². The summed E-state index contributed by atoms with van der Waals surface area (Å²) in [5.74, 6) is 0. The number of rotatable bonds is 5. The molecule has 1 aliphatic rings. The van der Waals surface area contributed by atoms with Gasteiger partial charge in [-0.15, -0.1) is 0 Å². The van der Waals surface area contributed by atoms with Crippen molar-refractivity contribution >= 4 is 0 Å². The Morgan fingerprint density at radius 3 is 2.00 bits per heavy atom. The summed E-state index contributed by atoms with van der Waals surface area (Å²) in [6.45, 7) is 10.5. The van der Waals surface area contributed by atoms with Crippen molar-refractivity contribution in [3.8, 4) is 0 Å². The van der Waals surface area contributed by atoms with Crippen LogP contribution in [-0.4, -0.2) is 35.7 Å². The third-order valence-corrected chi connectivity index (χ3v) is 2.15. The Hall–Kier alpha value is -0.0800. The Kier molecular flexibility index (Phi) is 3.34. The van der Waals surface area contributed by atoms with Gasteiger partial charge in [0, 0.05) is 25.7 Å². The van der Waals surface area contributed by atoms with E-state index in [0.29, 0.717) is 0 Å². The van der Waals surface area contributed by atoms with Gasteiger partial charge in [0.25, 0.3) is 0 Å². The topological polar surface area (TPSA) is 6.25 Å². The molecule has 1 saturated heterocycles. The van der Waals surface area contributed by atoms with E-state index in [-0.39, 0.29) is 0 Å². The molecule has 0 amide bonds. The predicted molar refractivity (Wildman–Crippen MR) is 48.3 cm³/mol. The van der Waals surface area contributed by atoms with Crippen LogP contribution in [0.5, 0.6) is 0 Å². The van der Waals surface area contributed by atoms with Crippen LogP contribution in [0.15, 0.2) is 0 Å². The van der Waals surface area contributed by atoms with Crippen molar-refractivity contribution in [3.05, 3.63) is 0 Å². The molecule has 1 heterocycles. The summed E-state index contributed by atoms with van der Waals surface area (Å²) in [5.41, 5.74) is 0. The zero-order chi connectivity index (χ0) is 8.27. The monoisotopic (exact) mass is 156 g/mol. The Balaban J connectivity index is 2.22. The fraction of sp³-hybridized carbons (Fsp3) is 1.00. The summed E-state index contributed by atoms with van der Waals surface area (Å²) < 4.78 is 0. The number of hydrogen-bond acceptors (Lipinski definition) is 2. The summed E-state index contributed by atoms with van der Waals surface area (Å²) in [6.07, 6.45) is 2.53. The molecule has 0 N–H and O–H groups in total. The highest BCUT2D eigenvalue weighted by Crippen LogP contribution is 2.19. The molecule has 0 aromatic heterocycles. The first-order chi connectivity index (χ1) is 5.29. The average Bonchev–Trinajstić information content (AvgIpc) is 2.67. The van der Waals surface area contributed by atoms with E-state index in [1.165, 1.54) is 32.5 Å². The SMILES string of the molecule is CCCN(CCC)N1CC1C. The van der Waals surface area contributed by atoms with Gasteiger partial charge in [-0.25, -0.2) is 10.0 Å². The second-order valence-electron chi connectivity index (χ2n) is 3.42. The highest BCUT2D eigenvalue weighted by atomic mass is 15.7. The first-order valence-corrected chi connectivity index (χ1v) is 4.81. The smallest absolute Gasteiger partial charge is 0.0359 e. The van der Waals surface area contributed by atoms with Crippen LogP contribution in [0.2, 0.25) is 0 Å². The molecule has 2 nitrogen and oxygen atoms in total. The van der Waals surface area contributed by atoms with Gasteiger partial charge < -0.3 is 0 Å². The van der Waals surface area contributed by atoms with E-state index < -0.39 is 0 Å². The molecule has 0 aliphatic carbocycles. The summed E-state index contributed by atoms with van der Waals surface area (Å²) in [7, 11) is 0. The van der Waals surface area contributed by atoms with Crippen molar-refractivity contribution in [1.29, 1.82) is 0 Å². The molecule has 2 unspecified atom stereocenters. The number of nitrogens with zero attached hydrogens (tertiary/aromatic N) is 2. The van der Waals surface area contributed by atoms with Crippen LogP contribution in [0.1, 0.15) is 33.6 Å². The Morgan fingerprint density at radius 2 is 1.73 bits per heavy atom. The minimum absolute atomic E-state index is 0.813. The zero-order valence-electron chi connectivity index (χ0n) is 8.01. The Labute approximate surface area is 70.1 Å². The third-order valence-electron chi connectivity index (χ3n) is 2.15. The molecular formula is C9H20N2. The van der Waals surface area contributed by atoms with Gasteiger partial charge in [0.15, 0.2) is 0 Å². The van der Waals surface area contributed by atoms with Crippen LogP contribution in [0.4, 0.5) is 0 Å². The first kappa shape index (κ1) is 9.01. The molecule has 11 heavy (non-hydrogen) atoms. The first-order valence-electron chi connectivity index (χ1n) is 4.81. The van der Waals surface area contributed by atoms with Crippen molar-refractivity contribution in [2.24, 2.45) is 0 Å². The van der Waals surface area contributed by atoms with Crippen LogP contribution in [0.3, 0.4) is 0 Å². The third kappa shape index (κ3) is 2.46. The molecule has 66 valence electrons. The van der Waals surface area contributed by atoms with E-state index in [1.807, 2.05) is 0 Å². The summed E-state index contributed by atoms with van der Waals surface area (Å²) in [5, 5.41) is 4.96. The van der Waals surface area contributed by atoms with Crippen molar-refractivity contribution in [2.45, 2.75) is 39.7 Å². The van der Waals surface area contributed by atoms with Gasteiger partial charge in [0.2, 0.25) is 0 Å². The van der Waals surface area contributed by atoms with Crippen molar-refractivity contribution in [1.82, 2.24) is 10.0 Å². The number of hydrazine groups is 1. The lowest BCUT2D eigenvalue weighted by Gasteiger charge is -2.22. The van der Waals surface area contributed by atoms with Crippen LogP contribution < -0.4 is 0 Å². The highest BCUT2D eigenvalue weighted by Gasteiger charge is 2.33. The molecule has 0 aromatic carbocycles. The van der Waals surface area contributed by atoms with Gasteiger partial charge in [0.1, 0.15) is 0 Å². The Morgan fingerprint density at radius 1 is 1.27 bits per heavy atom. The average molecular weight is 156 g/mol. The normalized spacial score (nSPS) is 29.5. The van der Waals surface area contributed by atoms with Gasteiger partial charge in [0.05, 0.1) is 0 Å². The largest absolute Gasteiger partial charge is 0.241 e. The molecule has 1 aliphatic heterocycles. The Bertz CT molecular complexity index is 108. The molecular weight excluding hydrogens is 136 g/mol. The van der Waals surface area contributed by atoms with Gasteiger partial charge in [-0.2, -0.15) is 0 Å². The van der Waals surface area contributed by atoms with Gasteiger partial charge in [-0.1, -0.05) is 13.8 Å². The van der Waals surface area contributed by atoms with Gasteiger partial charge in [-0.05, 0) is 19.8 Å². The zero-order valence-corrected chi connectivity index (χ0v) is 8.01. The van der Waals surface area contributed by atoms with E-state index in [9.17, 15) is 0 Å². The summed E-state index contributed by atoms with van der Waals surface area (Å²) in [4.78, 5) is 0. The van der Waals surface area contributed by atoms with Crippen LogP contribution in [-0.2, 0) is 0 Å². The predicted octanol–water partition coefficient (Wildman–Crippen LogP) is 1.73. The maximum atomic E-state index is 2.49. The fourth-order valence-electron chi connectivity index (χ4n) is 1.50. The molecule has 2 heteroatoms. The fourth-order valence-corrected chi connectivity index (χ4v) is 1.50. The lowest BCUT2D eigenvalue weighted by atomic mass is 10.4. The molecule has 0 saturated carbocycles. The molecule has 0 spiro atoms. The minimum Gasteiger partial charge on any atom is -0.241 e. The van der Waals surface area contributed by atoms with E-state index in [2.05, 4.69) is 30.8 Å². The highest BCUT2D eigenvalue weighted by molar-refractivity contribution is 4.82.